The van der Waals surface area contributed by atoms with Crippen molar-refractivity contribution >= 4 is 39.7 Å². The number of hydrogen-bond donors (Lipinski definition) is 1. The molecule has 3 rings (SSSR count). The summed E-state index contributed by atoms with van der Waals surface area (Å²) in [4.78, 5) is 10.2. The zero-order valence-electron chi connectivity index (χ0n) is 11.5. The minimum atomic E-state index is 0.680. The van der Waals surface area contributed by atoms with Gasteiger partial charge >= 0.3 is 0 Å². The van der Waals surface area contributed by atoms with Gasteiger partial charge in [-0.3, -0.25) is 0 Å². The van der Waals surface area contributed by atoms with Crippen LogP contribution < -0.4 is 5.32 Å². The molecule has 0 bridgehead atoms. The van der Waals surface area contributed by atoms with E-state index in [1.54, 1.807) is 11.3 Å². The summed E-state index contributed by atoms with van der Waals surface area (Å²) in [5, 5.41) is 6.94. The van der Waals surface area contributed by atoms with Gasteiger partial charge in [-0.25, -0.2) is 9.97 Å². The van der Waals surface area contributed by atoms with Crippen molar-refractivity contribution in [3.63, 3.8) is 0 Å². The summed E-state index contributed by atoms with van der Waals surface area (Å²) in [5.41, 5.74) is 3.15. The fourth-order valence-electron chi connectivity index (χ4n) is 2.17. The Morgan fingerprint density at radius 3 is 2.60 bits per heavy atom. The standard InChI is InChI=1S/C15H14ClN3S/c1-8-5-4-6-10-12(8)18-15(19-14(10)17-3)13-11(16)9(2)7-20-13/h4-7H,1-3H3,(H,17,18,19). The van der Waals surface area contributed by atoms with Crippen molar-refractivity contribution < 1.29 is 0 Å². The van der Waals surface area contributed by atoms with Gasteiger partial charge in [0.05, 0.1) is 15.4 Å². The zero-order chi connectivity index (χ0) is 14.3. The van der Waals surface area contributed by atoms with E-state index in [-0.39, 0.29) is 0 Å². The number of fused-ring (bicyclic) bond motifs is 1. The average Bonchev–Trinajstić information content (AvgIpc) is 2.79. The number of aryl methyl sites for hydroxylation is 2. The second-order valence-corrected chi connectivity index (χ2v) is 5.94. The maximum absolute atomic E-state index is 6.34. The lowest BCUT2D eigenvalue weighted by Crippen LogP contribution is -1.99. The van der Waals surface area contributed by atoms with Crippen molar-refractivity contribution in [1.29, 1.82) is 0 Å². The monoisotopic (exact) mass is 303 g/mol. The lowest BCUT2D eigenvalue weighted by molar-refractivity contribution is 1.21. The topological polar surface area (TPSA) is 37.8 Å². The number of thiophene rings is 1. The third kappa shape index (κ3) is 2.05. The second-order valence-electron chi connectivity index (χ2n) is 4.68. The van der Waals surface area contributed by atoms with Crippen molar-refractivity contribution in [2.24, 2.45) is 0 Å². The molecular formula is C15H14ClN3S. The van der Waals surface area contributed by atoms with Gasteiger partial charge in [0, 0.05) is 12.4 Å². The third-order valence-electron chi connectivity index (χ3n) is 3.27. The van der Waals surface area contributed by atoms with Crippen LogP contribution in [-0.4, -0.2) is 17.0 Å². The van der Waals surface area contributed by atoms with Gasteiger partial charge in [0.2, 0.25) is 0 Å². The molecule has 0 aliphatic carbocycles. The first-order valence-corrected chi connectivity index (χ1v) is 7.56. The first-order chi connectivity index (χ1) is 9.61. The molecule has 0 aliphatic rings. The van der Waals surface area contributed by atoms with E-state index in [0.717, 1.165) is 37.7 Å². The summed E-state index contributed by atoms with van der Waals surface area (Å²) in [6.07, 6.45) is 0. The van der Waals surface area contributed by atoms with Crippen LogP contribution >= 0.6 is 22.9 Å². The van der Waals surface area contributed by atoms with E-state index in [1.807, 2.05) is 31.5 Å². The lowest BCUT2D eigenvalue weighted by Gasteiger charge is -2.09. The van der Waals surface area contributed by atoms with Crippen molar-refractivity contribution in [1.82, 2.24) is 9.97 Å². The van der Waals surface area contributed by atoms with E-state index in [4.69, 9.17) is 16.6 Å². The van der Waals surface area contributed by atoms with Gasteiger partial charge in [0.25, 0.3) is 0 Å². The average molecular weight is 304 g/mol. The number of benzene rings is 1. The highest BCUT2D eigenvalue weighted by atomic mass is 35.5. The summed E-state index contributed by atoms with van der Waals surface area (Å²) in [5.74, 6) is 1.51. The Labute approximate surface area is 126 Å². The van der Waals surface area contributed by atoms with Gasteiger partial charge in [-0.15, -0.1) is 11.3 Å². The largest absolute Gasteiger partial charge is 0.373 e. The lowest BCUT2D eigenvalue weighted by atomic mass is 10.1. The molecule has 0 saturated carbocycles. The number of hydrogen-bond acceptors (Lipinski definition) is 4. The molecular weight excluding hydrogens is 290 g/mol. The highest BCUT2D eigenvalue weighted by molar-refractivity contribution is 7.14. The Morgan fingerprint density at radius 1 is 1.15 bits per heavy atom. The highest BCUT2D eigenvalue weighted by Crippen LogP contribution is 2.36. The molecule has 1 aromatic carbocycles. The molecule has 0 unspecified atom stereocenters. The van der Waals surface area contributed by atoms with Crippen LogP contribution in [0.3, 0.4) is 0 Å². The summed E-state index contributed by atoms with van der Waals surface area (Å²) in [7, 11) is 1.87. The molecule has 0 atom stereocenters. The summed E-state index contributed by atoms with van der Waals surface area (Å²) in [6.45, 7) is 4.05. The number of anilines is 1. The molecule has 3 nitrogen and oxygen atoms in total. The Kier molecular flexibility index (Phi) is 3.36. The molecule has 0 aliphatic heterocycles. The molecule has 0 amide bonds. The zero-order valence-corrected chi connectivity index (χ0v) is 13.1. The van der Waals surface area contributed by atoms with E-state index in [2.05, 4.69) is 23.3 Å². The van der Waals surface area contributed by atoms with Crippen molar-refractivity contribution in [2.75, 3.05) is 12.4 Å². The number of nitrogens with zero attached hydrogens (tertiary/aromatic N) is 2. The second kappa shape index (κ2) is 5.04. The molecule has 20 heavy (non-hydrogen) atoms. The molecule has 102 valence electrons. The van der Waals surface area contributed by atoms with Crippen LogP contribution in [0.2, 0.25) is 5.02 Å². The van der Waals surface area contributed by atoms with E-state index in [1.165, 1.54) is 0 Å². The Morgan fingerprint density at radius 2 is 1.95 bits per heavy atom. The van der Waals surface area contributed by atoms with Crippen LogP contribution in [0.4, 0.5) is 5.82 Å². The smallest absolute Gasteiger partial charge is 0.173 e. The van der Waals surface area contributed by atoms with Crippen molar-refractivity contribution in [3.8, 4) is 10.7 Å². The predicted octanol–water partition coefficient (Wildman–Crippen LogP) is 4.67. The predicted molar refractivity (Wildman–Crippen MR) is 86.9 cm³/mol. The van der Waals surface area contributed by atoms with Crippen LogP contribution in [0.5, 0.6) is 0 Å². The van der Waals surface area contributed by atoms with Crippen LogP contribution in [0.25, 0.3) is 21.6 Å². The Bertz CT molecular complexity index is 795. The summed E-state index contributed by atoms with van der Waals surface area (Å²) >= 11 is 7.92. The van der Waals surface area contributed by atoms with Crippen LogP contribution in [0.15, 0.2) is 23.6 Å². The molecule has 0 fully saturated rings. The summed E-state index contributed by atoms with van der Waals surface area (Å²) < 4.78 is 0. The minimum absolute atomic E-state index is 0.680. The fourth-order valence-corrected chi connectivity index (χ4v) is 3.38. The SMILES string of the molecule is CNc1nc(-c2scc(C)c2Cl)nc2c(C)cccc12. The maximum atomic E-state index is 6.34. The fraction of sp³-hybridized carbons (Fsp3) is 0.200. The number of nitrogens with one attached hydrogen (secondary N) is 1. The molecule has 0 spiro atoms. The molecule has 0 radical (unpaired) electrons. The van der Waals surface area contributed by atoms with Crippen molar-refractivity contribution in [2.45, 2.75) is 13.8 Å². The molecule has 3 aromatic rings. The molecule has 0 saturated heterocycles. The van der Waals surface area contributed by atoms with Crippen LogP contribution in [0, 0.1) is 13.8 Å². The van der Waals surface area contributed by atoms with Gasteiger partial charge in [-0.2, -0.15) is 0 Å². The van der Waals surface area contributed by atoms with E-state index >= 15 is 0 Å². The number of rotatable bonds is 2. The quantitative estimate of drug-likeness (QED) is 0.747. The van der Waals surface area contributed by atoms with E-state index in [0.29, 0.717) is 5.82 Å². The maximum Gasteiger partial charge on any atom is 0.173 e. The number of para-hydroxylation sites is 1. The molecule has 5 heteroatoms. The molecule has 2 aromatic heterocycles. The molecule has 2 heterocycles. The number of aromatic nitrogens is 2. The van der Waals surface area contributed by atoms with Crippen LogP contribution in [-0.2, 0) is 0 Å². The normalized spacial score (nSPS) is 11.0. The van der Waals surface area contributed by atoms with Gasteiger partial charge in [-0.05, 0) is 36.4 Å². The summed E-state index contributed by atoms with van der Waals surface area (Å²) in [6, 6.07) is 6.10. The Hall–Kier alpha value is -1.65. The van der Waals surface area contributed by atoms with E-state index < -0.39 is 0 Å². The van der Waals surface area contributed by atoms with Crippen LogP contribution in [0.1, 0.15) is 11.1 Å². The Balaban J connectivity index is 2.33. The van der Waals surface area contributed by atoms with E-state index in [9.17, 15) is 0 Å². The third-order valence-corrected chi connectivity index (χ3v) is 4.96. The van der Waals surface area contributed by atoms with Crippen molar-refractivity contribution in [3.05, 3.63) is 39.7 Å². The first kappa shape index (κ1) is 13.3. The minimum Gasteiger partial charge on any atom is -0.373 e. The highest BCUT2D eigenvalue weighted by Gasteiger charge is 2.15. The first-order valence-electron chi connectivity index (χ1n) is 6.31. The van der Waals surface area contributed by atoms with Gasteiger partial charge in [0.1, 0.15) is 5.82 Å². The van der Waals surface area contributed by atoms with Gasteiger partial charge in [0.15, 0.2) is 5.82 Å². The van der Waals surface area contributed by atoms with Gasteiger partial charge < -0.3 is 5.32 Å². The number of halogens is 1. The molecule has 1 N–H and O–H groups in total. The van der Waals surface area contributed by atoms with Gasteiger partial charge in [-0.1, -0.05) is 23.7 Å².